The molecule has 1 aliphatic carbocycles. The normalized spacial score (nSPS) is 16.5. The molecule has 1 aliphatic rings. The average Bonchev–Trinajstić information content (AvgIpc) is 3.00. The molecule has 2 heterocycles. The van der Waals surface area contributed by atoms with E-state index in [1.165, 1.54) is 22.6 Å². The Balaban J connectivity index is 1.82. The highest BCUT2D eigenvalue weighted by Crippen LogP contribution is 2.51. The average molecular weight is 349 g/mol. The lowest BCUT2D eigenvalue weighted by molar-refractivity contribution is -0.144. The zero-order valence-electron chi connectivity index (χ0n) is 13.4. The smallest absolute Gasteiger partial charge is 0.266 e. The van der Waals surface area contributed by atoms with Crippen molar-refractivity contribution in [2.45, 2.75) is 37.6 Å². The molecular weight excluding hydrogens is 330 g/mol. The quantitative estimate of drug-likeness (QED) is 0.527. The molecule has 1 fully saturated rings. The summed E-state index contributed by atoms with van der Waals surface area (Å²) in [6.07, 6.45) is 6.58. The van der Waals surface area contributed by atoms with E-state index in [2.05, 4.69) is 15.0 Å². The van der Waals surface area contributed by atoms with Crippen molar-refractivity contribution in [3.63, 3.8) is 0 Å². The van der Waals surface area contributed by atoms with Crippen molar-refractivity contribution in [3.8, 4) is 0 Å². The Morgan fingerprint density at radius 3 is 2.75 bits per heavy atom. The first-order valence-corrected chi connectivity index (χ1v) is 8.41. The molecule has 1 saturated carbocycles. The molecule has 3 rings (SSSR count). The number of likely N-dealkylation sites (N-methyl/N-ethyl adjacent to an activating group) is 1. The minimum Gasteiger partial charge on any atom is -0.348 e. The van der Waals surface area contributed by atoms with Gasteiger partial charge < -0.3 is 9.88 Å². The minimum absolute atomic E-state index is 0.126. The Bertz CT molecular complexity index is 738. The fourth-order valence-electron chi connectivity index (χ4n) is 2.84. The first-order chi connectivity index (χ1) is 11.5. The van der Waals surface area contributed by atoms with Gasteiger partial charge in [-0.1, -0.05) is 0 Å². The van der Waals surface area contributed by atoms with Gasteiger partial charge in [0.15, 0.2) is 0 Å². The van der Waals surface area contributed by atoms with Crippen LogP contribution in [0.5, 0.6) is 0 Å². The van der Waals surface area contributed by atoms with Gasteiger partial charge in [0, 0.05) is 36.4 Å². The van der Waals surface area contributed by atoms with Crippen LogP contribution in [0.3, 0.4) is 0 Å². The van der Waals surface area contributed by atoms with Crippen molar-refractivity contribution >= 4 is 23.2 Å². The third kappa shape index (κ3) is 2.92. The van der Waals surface area contributed by atoms with Crippen LogP contribution in [-0.4, -0.2) is 50.0 Å². The molecule has 0 spiro atoms. The Morgan fingerprint density at radius 2 is 2.25 bits per heavy atom. The Hall–Kier alpha value is -2.26. The van der Waals surface area contributed by atoms with Crippen LogP contribution in [0.4, 0.5) is 0 Å². The topological polar surface area (TPSA) is 111 Å². The summed E-state index contributed by atoms with van der Waals surface area (Å²) in [5.74, 6) is -0.754. The number of hydrogen-bond donors (Lipinski definition) is 3. The van der Waals surface area contributed by atoms with E-state index in [-0.39, 0.29) is 12.3 Å². The first kappa shape index (κ1) is 16.6. The summed E-state index contributed by atoms with van der Waals surface area (Å²) in [5, 5.41) is 9.94. The third-order valence-corrected chi connectivity index (χ3v) is 5.54. The lowest BCUT2D eigenvalue weighted by atomic mass is 10.0. The summed E-state index contributed by atoms with van der Waals surface area (Å²) in [6, 6.07) is -0.825. The maximum absolute atomic E-state index is 13.0. The van der Waals surface area contributed by atoms with E-state index in [0.29, 0.717) is 5.69 Å². The van der Waals surface area contributed by atoms with Gasteiger partial charge in [-0.2, -0.15) is 0 Å². The Morgan fingerprint density at radius 1 is 1.50 bits per heavy atom. The molecule has 24 heavy (non-hydrogen) atoms. The molecule has 9 heteroatoms. The van der Waals surface area contributed by atoms with E-state index in [4.69, 9.17) is 5.21 Å². The number of carbonyl (C=O) groups is 2. The summed E-state index contributed by atoms with van der Waals surface area (Å²) < 4.78 is 0. The number of aromatic nitrogens is 3. The van der Waals surface area contributed by atoms with Gasteiger partial charge in [0.05, 0.1) is 16.7 Å². The van der Waals surface area contributed by atoms with Crippen LogP contribution in [0.25, 0.3) is 0 Å². The first-order valence-electron chi connectivity index (χ1n) is 7.59. The molecule has 0 saturated heterocycles. The summed E-state index contributed by atoms with van der Waals surface area (Å²) in [5.41, 5.74) is 1.78. The molecule has 8 nitrogen and oxygen atoms in total. The van der Waals surface area contributed by atoms with Crippen molar-refractivity contribution in [2.75, 3.05) is 7.05 Å². The van der Waals surface area contributed by atoms with Gasteiger partial charge in [-0.3, -0.25) is 14.8 Å². The largest absolute Gasteiger partial charge is 0.348 e. The fraction of sp³-hybridized carbons (Fsp3) is 0.467. The van der Waals surface area contributed by atoms with Crippen LogP contribution in [0.2, 0.25) is 0 Å². The molecule has 0 aliphatic heterocycles. The molecule has 128 valence electrons. The summed E-state index contributed by atoms with van der Waals surface area (Å²) in [6.45, 7) is 1.90. The monoisotopic (exact) mass is 349 g/mol. The van der Waals surface area contributed by atoms with Crippen molar-refractivity contribution in [2.24, 2.45) is 0 Å². The SMILES string of the molecule is Cc1ncc(C2(C(=O)N(C)C(Cc3cnc[nH]3)C(=O)NO)CC2)s1. The highest BCUT2D eigenvalue weighted by Gasteiger charge is 2.55. The van der Waals surface area contributed by atoms with E-state index < -0.39 is 17.4 Å². The second kappa shape index (κ2) is 6.33. The number of aromatic amines is 1. The standard InChI is InChI=1S/C15H19N5O3S/c1-9-17-7-12(24-9)15(3-4-15)14(22)20(2)11(13(21)19-23)5-10-6-16-8-18-10/h6-8,11,23H,3-5H2,1-2H3,(H,16,18)(H,19,21). The fourth-order valence-corrected chi connectivity index (χ4v) is 3.85. The van der Waals surface area contributed by atoms with E-state index in [1.807, 2.05) is 6.92 Å². The van der Waals surface area contributed by atoms with Gasteiger partial charge in [-0.25, -0.2) is 15.4 Å². The molecule has 0 aromatic carbocycles. The zero-order valence-corrected chi connectivity index (χ0v) is 14.3. The minimum atomic E-state index is -0.825. The summed E-state index contributed by atoms with van der Waals surface area (Å²) in [4.78, 5) is 38.5. The molecular formula is C15H19N5O3S. The number of thiazole rings is 1. The maximum Gasteiger partial charge on any atom is 0.266 e. The van der Waals surface area contributed by atoms with Crippen molar-refractivity contribution in [3.05, 3.63) is 34.3 Å². The molecule has 1 atom stereocenters. The van der Waals surface area contributed by atoms with Gasteiger partial charge in [-0.05, 0) is 19.8 Å². The molecule has 0 bridgehead atoms. The van der Waals surface area contributed by atoms with Crippen molar-refractivity contribution < 1.29 is 14.8 Å². The molecule has 3 N–H and O–H groups in total. The second-order valence-corrected chi connectivity index (χ2v) is 7.25. The van der Waals surface area contributed by atoms with Crippen molar-refractivity contribution in [1.29, 1.82) is 0 Å². The number of hydroxylamine groups is 1. The van der Waals surface area contributed by atoms with Crippen LogP contribution in [-0.2, 0) is 21.4 Å². The number of carbonyl (C=O) groups excluding carboxylic acids is 2. The second-order valence-electron chi connectivity index (χ2n) is 6.01. The Kier molecular flexibility index (Phi) is 4.37. The van der Waals surface area contributed by atoms with Gasteiger partial charge in [0.2, 0.25) is 5.91 Å². The lowest BCUT2D eigenvalue weighted by Gasteiger charge is -2.29. The number of nitrogens with one attached hydrogen (secondary N) is 2. The van der Waals surface area contributed by atoms with E-state index in [1.54, 1.807) is 24.9 Å². The van der Waals surface area contributed by atoms with E-state index >= 15 is 0 Å². The van der Waals surface area contributed by atoms with E-state index in [0.717, 1.165) is 22.7 Å². The van der Waals surface area contributed by atoms with Crippen LogP contribution in [0, 0.1) is 6.92 Å². The third-order valence-electron chi connectivity index (χ3n) is 4.42. The number of nitrogens with zero attached hydrogens (tertiary/aromatic N) is 3. The van der Waals surface area contributed by atoms with Gasteiger partial charge >= 0.3 is 0 Å². The van der Waals surface area contributed by atoms with Crippen LogP contribution in [0.15, 0.2) is 18.7 Å². The predicted molar refractivity (Wildman–Crippen MR) is 86.5 cm³/mol. The number of aryl methyl sites for hydroxylation is 1. The number of hydrogen-bond acceptors (Lipinski definition) is 6. The maximum atomic E-state index is 13.0. The highest BCUT2D eigenvalue weighted by molar-refractivity contribution is 7.11. The highest BCUT2D eigenvalue weighted by atomic mass is 32.1. The van der Waals surface area contributed by atoms with Gasteiger partial charge in [0.25, 0.3) is 5.91 Å². The zero-order chi connectivity index (χ0) is 17.3. The van der Waals surface area contributed by atoms with Crippen LogP contribution >= 0.6 is 11.3 Å². The molecule has 2 aromatic heterocycles. The van der Waals surface area contributed by atoms with Crippen LogP contribution in [0.1, 0.15) is 28.4 Å². The summed E-state index contributed by atoms with van der Waals surface area (Å²) >= 11 is 1.51. The molecule has 0 radical (unpaired) electrons. The Labute approximate surface area is 142 Å². The number of imidazole rings is 1. The van der Waals surface area contributed by atoms with Crippen LogP contribution < -0.4 is 5.48 Å². The van der Waals surface area contributed by atoms with Gasteiger partial charge in [-0.15, -0.1) is 11.3 Å². The lowest BCUT2D eigenvalue weighted by Crippen LogP contribution is -2.51. The summed E-state index contributed by atoms with van der Waals surface area (Å²) in [7, 11) is 1.59. The molecule has 2 amide bonds. The number of rotatable bonds is 6. The number of H-pyrrole nitrogens is 1. The number of amides is 2. The van der Waals surface area contributed by atoms with Gasteiger partial charge in [0.1, 0.15) is 6.04 Å². The van der Waals surface area contributed by atoms with Crippen molar-refractivity contribution in [1.82, 2.24) is 25.3 Å². The van der Waals surface area contributed by atoms with E-state index in [9.17, 15) is 9.59 Å². The molecule has 2 aromatic rings. The molecule has 1 unspecified atom stereocenters. The predicted octanol–water partition coefficient (Wildman–Crippen LogP) is 0.781.